The molecule has 2 aliphatic heterocycles. The minimum Gasteiger partial charge on any atom is -0.329 e. The van der Waals surface area contributed by atoms with Crippen molar-refractivity contribution in [3.63, 3.8) is 0 Å². The fraction of sp³-hybridized carbons (Fsp3) is 0.857. The molecular formula is C14H24N2O2. The highest BCUT2D eigenvalue weighted by Crippen LogP contribution is 2.29. The Labute approximate surface area is 109 Å². The van der Waals surface area contributed by atoms with E-state index in [9.17, 15) is 9.59 Å². The maximum atomic E-state index is 12.5. The highest BCUT2D eigenvalue weighted by Gasteiger charge is 2.43. The van der Waals surface area contributed by atoms with Gasteiger partial charge in [0.15, 0.2) is 0 Å². The molecule has 0 spiro atoms. The molecule has 4 heteroatoms. The van der Waals surface area contributed by atoms with Gasteiger partial charge in [-0.05, 0) is 31.6 Å². The number of carbonyl (C=O) groups excluding carboxylic acids is 2. The molecule has 2 heterocycles. The lowest BCUT2D eigenvalue weighted by Gasteiger charge is -2.47. The highest BCUT2D eigenvalue weighted by atomic mass is 16.2. The molecule has 2 atom stereocenters. The Morgan fingerprint density at radius 2 is 1.89 bits per heavy atom. The fourth-order valence-corrected chi connectivity index (χ4v) is 2.79. The summed E-state index contributed by atoms with van der Waals surface area (Å²) in [6.45, 7) is 9.40. The van der Waals surface area contributed by atoms with Crippen LogP contribution in [0.2, 0.25) is 0 Å². The van der Waals surface area contributed by atoms with Crippen molar-refractivity contribution >= 4 is 11.8 Å². The first-order valence-corrected chi connectivity index (χ1v) is 6.92. The first kappa shape index (κ1) is 13.4. The summed E-state index contributed by atoms with van der Waals surface area (Å²) in [5.41, 5.74) is 0.00672. The zero-order valence-electron chi connectivity index (χ0n) is 11.9. The van der Waals surface area contributed by atoms with E-state index in [0.717, 1.165) is 25.8 Å². The van der Waals surface area contributed by atoms with Crippen LogP contribution < -0.4 is 0 Å². The molecule has 0 aromatic carbocycles. The largest absolute Gasteiger partial charge is 0.329 e. The second-order valence-corrected chi connectivity index (χ2v) is 6.61. The van der Waals surface area contributed by atoms with Crippen LogP contribution in [0.1, 0.15) is 47.0 Å². The van der Waals surface area contributed by atoms with Crippen LogP contribution in [0, 0.1) is 5.41 Å². The maximum Gasteiger partial charge on any atom is 0.246 e. The topological polar surface area (TPSA) is 40.6 Å². The van der Waals surface area contributed by atoms with Gasteiger partial charge in [0.25, 0.3) is 0 Å². The van der Waals surface area contributed by atoms with Gasteiger partial charge in [-0.25, -0.2) is 0 Å². The summed E-state index contributed by atoms with van der Waals surface area (Å²) in [5, 5.41) is 0. The minimum atomic E-state index is -0.190. The van der Waals surface area contributed by atoms with Gasteiger partial charge in [-0.1, -0.05) is 20.8 Å². The third-order valence-corrected chi connectivity index (χ3v) is 4.42. The number of amides is 2. The molecular weight excluding hydrogens is 228 g/mol. The van der Waals surface area contributed by atoms with Gasteiger partial charge >= 0.3 is 0 Å². The Kier molecular flexibility index (Phi) is 3.39. The molecule has 0 aromatic heterocycles. The summed E-state index contributed by atoms with van der Waals surface area (Å²) in [4.78, 5) is 28.2. The van der Waals surface area contributed by atoms with E-state index in [4.69, 9.17) is 0 Å². The molecule has 2 rings (SSSR count). The average Bonchev–Trinajstić information content (AvgIpc) is 2.32. The van der Waals surface area contributed by atoms with E-state index in [1.165, 1.54) is 0 Å². The SMILES string of the molecule is CC(N1CC(=O)N2CCCCC2C1=O)C(C)(C)C. The number of carbonyl (C=O) groups is 2. The van der Waals surface area contributed by atoms with Crippen molar-refractivity contribution in [3.05, 3.63) is 0 Å². The van der Waals surface area contributed by atoms with Gasteiger partial charge in [0.05, 0.1) is 0 Å². The number of piperazine rings is 1. The smallest absolute Gasteiger partial charge is 0.246 e. The van der Waals surface area contributed by atoms with Gasteiger partial charge in [0.2, 0.25) is 11.8 Å². The second kappa shape index (κ2) is 4.56. The Morgan fingerprint density at radius 1 is 1.22 bits per heavy atom. The van der Waals surface area contributed by atoms with E-state index < -0.39 is 0 Å². The summed E-state index contributed by atoms with van der Waals surface area (Å²) in [6, 6.07) is -0.0946. The average molecular weight is 252 g/mol. The predicted octanol–water partition coefficient (Wildman–Crippen LogP) is 1.64. The van der Waals surface area contributed by atoms with Crippen molar-refractivity contribution < 1.29 is 9.59 Å². The molecule has 2 saturated heterocycles. The van der Waals surface area contributed by atoms with Crippen LogP contribution in [-0.2, 0) is 9.59 Å². The molecule has 0 radical (unpaired) electrons. The third kappa shape index (κ3) is 2.25. The van der Waals surface area contributed by atoms with Gasteiger partial charge in [-0.15, -0.1) is 0 Å². The summed E-state index contributed by atoms with van der Waals surface area (Å²) < 4.78 is 0. The van der Waals surface area contributed by atoms with E-state index in [0.29, 0.717) is 0 Å². The third-order valence-electron chi connectivity index (χ3n) is 4.42. The van der Waals surface area contributed by atoms with Gasteiger partial charge < -0.3 is 9.80 Å². The summed E-state index contributed by atoms with van der Waals surface area (Å²) in [7, 11) is 0. The molecule has 0 saturated carbocycles. The van der Waals surface area contributed by atoms with Crippen LogP contribution >= 0.6 is 0 Å². The van der Waals surface area contributed by atoms with Crippen molar-refractivity contribution in [2.45, 2.75) is 59.0 Å². The Balaban J connectivity index is 2.20. The lowest BCUT2D eigenvalue weighted by molar-refractivity contribution is -0.161. The number of fused-ring (bicyclic) bond motifs is 1. The van der Waals surface area contributed by atoms with Crippen LogP contribution in [0.5, 0.6) is 0 Å². The molecule has 0 N–H and O–H groups in total. The summed E-state index contributed by atoms with van der Waals surface area (Å²) in [5.74, 6) is 0.270. The van der Waals surface area contributed by atoms with E-state index in [1.807, 2.05) is 6.92 Å². The Hall–Kier alpha value is -1.06. The zero-order valence-corrected chi connectivity index (χ0v) is 11.9. The zero-order chi connectivity index (χ0) is 13.5. The molecule has 2 aliphatic rings. The van der Waals surface area contributed by atoms with E-state index in [-0.39, 0.29) is 35.9 Å². The molecule has 0 bridgehead atoms. The Morgan fingerprint density at radius 3 is 2.50 bits per heavy atom. The molecule has 2 unspecified atom stereocenters. The first-order chi connectivity index (χ1) is 8.32. The van der Waals surface area contributed by atoms with E-state index in [1.54, 1.807) is 9.80 Å². The number of piperidine rings is 1. The number of rotatable bonds is 1. The van der Waals surface area contributed by atoms with Crippen LogP contribution in [0.3, 0.4) is 0 Å². The molecule has 0 aromatic rings. The van der Waals surface area contributed by atoms with Crippen LogP contribution in [0.15, 0.2) is 0 Å². The molecule has 4 nitrogen and oxygen atoms in total. The normalized spacial score (nSPS) is 27.2. The van der Waals surface area contributed by atoms with Gasteiger partial charge in [-0.2, -0.15) is 0 Å². The van der Waals surface area contributed by atoms with E-state index in [2.05, 4.69) is 20.8 Å². The standard InChI is InChI=1S/C14H24N2O2/c1-10(14(2,3)4)16-9-12(17)15-8-6-5-7-11(15)13(16)18/h10-11H,5-9H2,1-4H3. The van der Waals surface area contributed by atoms with Gasteiger partial charge in [0, 0.05) is 12.6 Å². The number of hydrogen-bond acceptors (Lipinski definition) is 2. The van der Waals surface area contributed by atoms with Gasteiger partial charge in [-0.3, -0.25) is 9.59 Å². The maximum absolute atomic E-state index is 12.5. The quantitative estimate of drug-likeness (QED) is 0.712. The molecule has 0 aliphatic carbocycles. The fourth-order valence-electron chi connectivity index (χ4n) is 2.79. The van der Waals surface area contributed by atoms with Crippen molar-refractivity contribution in [1.29, 1.82) is 0 Å². The Bertz CT molecular complexity index is 359. The van der Waals surface area contributed by atoms with Crippen LogP contribution in [0.25, 0.3) is 0 Å². The van der Waals surface area contributed by atoms with Crippen LogP contribution in [-0.4, -0.2) is 46.8 Å². The predicted molar refractivity (Wildman–Crippen MR) is 70.0 cm³/mol. The molecule has 2 amide bonds. The summed E-state index contributed by atoms with van der Waals surface area (Å²) >= 11 is 0. The van der Waals surface area contributed by atoms with Crippen molar-refractivity contribution in [2.24, 2.45) is 5.41 Å². The lowest BCUT2D eigenvalue weighted by Crippen LogP contribution is -2.64. The van der Waals surface area contributed by atoms with Crippen molar-refractivity contribution in [1.82, 2.24) is 9.80 Å². The molecule has 102 valence electrons. The van der Waals surface area contributed by atoms with Crippen molar-refractivity contribution in [2.75, 3.05) is 13.1 Å². The second-order valence-electron chi connectivity index (χ2n) is 6.61. The number of hydrogen-bond donors (Lipinski definition) is 0. The van der Waals surface area contributed by atoms with E-state index >= 15 is 0 Å². The molecule has 18 heavy (non-hydrogen) atoms. The molecule has 2 fully saturated rings. The minimum absolute atomic E-state index is 0.00672. The first-order valence-electron chi connectivity index (χ1n) is 6.92. The number of nitrogens with zero attached hydrogens (tertiary/aromatic N) is 2. The van der Waals surface area contributed by atoms with Crippen molar-refractivity contribution in [3.8, 4) is 0 Å². The van der Waals surface area contributed by atoms with Crippen LogP contribution in [0.4, 0.5) is 0 Å². The lowest BCUT2D eigenvalue weighted by atomic mass is 9.85. The highest BCUT2D eigenvalue weighted by molar-refractivity contribution is 5.95. The van der Waals surface area contributed by atoms with Gasteiger partial charge in [0.1, 0.15) is 12.6 Å². The summed E-state index contributed by atoms with van der Waals surface area (Å²) in [6.07, 6.45) is 2.92. The monoisotopic (exact) mass is 252 g/mol.